The lowest BCUT2D eigenvalue weighted by Crippen LogP contribution is -2.30. The van der Waals surface area contributed by atoms with E-state index in [1.807, 2.05) is 0 Å². The van der Waals surface area contributed by atoms with Gasteiger partial charge in [-0.05, 0) is 26.0 Å². The Bertz CT molecular complexity index is 753. The number of hydrogen-bond acceptors (Lipinski definition) is 5. The fourth-order valence-corrected chi connectivity index (χ4v) is 1.79. The van der Waals surface area contributed by atoms with Gasteiger partial charge in [-0.3, -0.25) is 19.5 Å². The van der Waals surface area contributed by atoms with Crippen molar-refractivity contribution in [2.24, 2.45) is 5.73 Å². The number of hydrogen-bond donors (Lipinski definition) is 3. The van der Waals surface area contributed by atoms with Crippen LogP contribution in [0.3, 0.4) is 0 Å². The number of benzene rings is 1. The molecular weight excluding hydrogens is 300 g/mol. The molecule has 0 radical (unpaired) electrons. The topological polar surface area (TPSA) is 127 Å². The highest BCUT2D eigenvalue weighted by Gasteiger charge is 2.17. The van der Waals surface area contributed by atoms with Crippen molar-refractivity contribution < 1.29 is 19.1 Å². The number of ether oxygens (including phenoxy) is 1. The van der Waals surface area contributed by atoms with E-state index in [9.17, 15) is 14.4 Å². The molecule has 8 nitrogen and oxygen atoms in total. The number of carbonyl (C=O) groups is 3. The molecule has 0 saturated carbocycles. The van der Waals surface area contributed by atoms with Crippen molar-refractivity contribution >= 4 is 23.4 Å². The molecule has 1 atom stereocenters. The zero-order chi connectivity index (χ0) is 17.0. The highest BCUT2D eigenvalue weighted by Crippen LogP contribution is 2.16. The number of primary amides is 1. The smallest absolute Gasteiger partial charge is 0.266 e. The predicted octanol–water partition coefficient (Wildman–Crippen LogP) is 1.12. The molecule has 1 aromatic carbocycles. The van der Waals surface area contributed by atoms with Crippen LogP contribution in [-0.2, 0) is 4.79 Å². The Morgan fingerprint density at radius 3 is 2.65 bits per heavy atom. The standard InChI is InChI=1S/C15H16N4O4/c1-8(20)10-4-3-5-11(6-10)23-9(2)15(22)17-13-7-12(14(16)21)18-19-13/h3-7,9H,1-2H3,(H2,16,21)(H2,17,18,19,22). The van der Waals surface area contributed by atoms with Crippen molar-refractivity contribution in [2.75, 3.05) is 5.32 Å². The van der Waals surface area contributed by atoms with Gasteiger partial charge in [-0.1, -0.05) is 12.1 Å². The Morgan fingerprint density at radius 1 is 1.30 bits per heavy atom. The molecule has 120 valence electrons. The Balaban J connectivity index is 2.00. The van der Waals surface area contributed by atoms with Crippen LogP contribution in [0.5, 0.6) is 5.75 Å². The van der Waals surface area contributed by atoms with Gasteiger partial charge in [0.15, 0.2) is 17.7 Å². The number of aromatic nitrogens is 2. The van der Waals surface area contributed by atoms with Crippen molar-refractivity contribution in [3.63, 3.8) is 0 Å². The molecule has 0 bridgehead atoms. The summed E-state index contributed by atoms with van der Waals surface area (Å²) in [5.74, 6) is -0.663. The summed E-state index contributed by atoms with van der Waals surface area (Å²) in [5, 5.41) is 8.64. The third-order valence-corrected chi connectivity index (χ3v) is 3.02. The number of ketones is 1. The normalized spacial score (nSPS) is 11.6. The van der Waals surface area contributed by atoms with Gasteiger partial charge in [0.25, 0.3) is 11.8 Å². The number of H-pyrrole nitrogens is 1. The summed E-state index contributed by atoms with van der Waals surface area (Å²) in [6, 6.07) is 7.86. The molecule has 2 aromatic rings. The monoisotopic (exact) mass is 316 g/mol. The molecule has 0 fully saturated rings. The minimum Gasteiger partial charge on any atom is -0.481 e. The van der Waals surface area contributed by atoms with Gasteiger partial charge in [0.2, 0.25) is 0 Å². The van der Waals surface area contributed by atoms with E-state index in [-0.39, 0.29) is 17.3 Å². The molecule has 1 unspecified atom stereocenters. The molecule has 0 aliphatic carbocycles. The SMILES string of the molecule is CC(=O)c1cccc(OC(C)C(=O)Nc2cc(C(N)=O)[nH]n2)c1. The van der Waals surface area contributed by atoms with Gasteiger partial charge in [0.05, 0.1) is 0 Å². The fourth-order valence-electron chi connectivity index (χ4n) is 1.79. The third kappa shape index (κ3) is 4.16. The number of Topliss-reactive ketones (excluding diaryl/α,β-unsaturated/α-hetero) is 1. The summed E-state index contributed by atoms with van der Waals surface area (Å²) in [4.78, 5) is 34.3. The van der Waals surface area contributed by atoms with Crippen LogP contribution in [0.1, 0.15) is 34.7 Å². The summed E-state index contributed by atoms with van der Waals surface area (Å²) < 4.78 is 5.50. The van der Waals surface area contributed by atoms with E-state index in [4.69, 9.17) is 10.5 Å². The zero-order valence-electron chi connectivity index (χ0n) is 12.6. The average Bonchev–Trinajstić information content (AvgIpc) is 2.96. The van der Waals surface area contributed by atoms with E-state index >= 15 is 0 Å². The molecule has 2 rings (SSSR count). The molecule has 1 heterocycles. The van der Waals surface area contributed by atoms with Crippen molar-refractivity contribution in [3.8, 4) is 5.75 Å². The van der Waals surface area contributed by atoms with Gasteiger partial charge in [-0.15, -0.1) is 0 Å². The van der Waals surface area contributed by atoms with Gasteiger partial charge in [-0.2, -0.15) is 5.10 Å². The van der Waals surface area contributed by atoms with Crippen LogP contribution >= 0.6 is 0 Å². The molecule has 23 heavy (non-hydrogen) atoms. The number of anilines is 1. The number of carbonyl (C=O) groups excluding carboxylic acids is 3. The van der Waals surface area contributed by atoms with Crippen LogP contribution in [0.2, 0.25) is 0 Å². The third-order valence-electron chi connectivity index (χ3n) is 3.02. The first-order chi connectivity index (χ1) is 10.9. The van der Waals surface area contributed by atoms with Crippen LogP contribution < -0.4 is 15.8 Å². The summed E-state index contributed by atoms with van der Waals surface area (Å²) in [6.45, 7) is 3.00. The molecule has 8 heteroatoms. The van der Waals surface area contributed by atoms with Crippen molar-refractivity contribution in [2.45, 2.75) is 20.0 Å². The molecule has 4 N–H and O–H groups in total. The molecule has 2 amide bonds. The Kier molecular flexibility index (Phi) is 4.75. The number of nitrogens with one attached hydrogen (secondary N) is 2. The quantitative estimate of drug-likeness (QED) is 0.688. The van der Waals surface area contributed by atoms with E-state index < -0.39 is 17.9 Å². The number of aromatic amines is 1. The van der Waals surface area contributed by atoms with Gasteiger partial charge >= 0.3 is 0 Å². The molecule has 0 aliphatic rings. The lowest BCUT2D eigenvalue weighted by molar-refractivity contribution is -0.122. The van der Waals surface area contributed by atoms with Crippen LogP contribution in [0.4, 0.5) is 5.82 Å². The molecule has 0 aliphatic heterocycles. The van der Waals surface area contributed by atoms with Crippen molar-refractivity contribution in [1.82, 2.24) is 10.2 Å². The van der Waals surface area contributed by atoms with Crippen LogP contribution in [0, 0.1) is 0 Å². The maximum atomic E-state index is 12.0. The molecule has 1 aromatic heterocycles. The lowest BCUT2D eigenvalue weighted by atomic mass is 10.1. The summed E-state index contributed by atoms with van der Waals surface area (Å²) >= 11 is 0. The number of amides is 2. The fraction of sp³-hybridized carbons (Fsp3) is 0.200. The molecule has 0 spiro atoms. The summed E-state index contributed by atoms with van der Waals surface area (Å²) in [7, 11) is 0. The second kappa shape index (κ2) is 6.73. The van der Waals surface area contributed by atoms with E-state index in [1.165, 1.54) is 13.0 Å². The Labute approximate surface area is 132 Å². The maximum absolute atomic E-state index is 12.0. The van der Waals surface area contributed by atoms with Crippen molar-refractivity contribution in [1.29, 1.82) is 0 Å². The van der Waals surface area contributed by atoms with E-state index in [0.717, 1.165) is 0 Å². The first kappa shape index (κ1) is 16.2. The van der Waals surface area contributed by atoms with Crippen LogP contribution in [-0.4, -0.2) is 33.9 Å². The highest BCUT2D eigenvalue weighted by atomic mass is 16.5. The second-order valence-electron chi connectivity index (χ2n) is 4.86. The van der Waals surface area contributed by atoms with Gasteiger partial charge in [-0.25, -0.2) is 0 Å². The molecular formula is C15H16N4O4. The van der Waals surface area contributed by atoms with Gasteiger partial charge in [0, 0.05) is 11.6 Å². The summed E-state index contributed by atoms with van der Waals surface area (Å²) in [5.41, 5.74) is 5.66. The largest absolute Gasteiger partial charge is 0.481 e. The average molecular weight is 316 g/mol. The first-order valence-electron chi connectivity index (χ1n) is 6.80. The predicted molar refractivity (Wildman–Crippen MR) is 82.3 cm³/mol. The number of rotatable bonds is 6. The highest BCUT2D eigenvalue weighted by molar-refractivity contribution is 5.96. The zero-order valence-corrected chi connectivity index (χ0v) is 12.6. The minimum absolute atomic E-state index is 0.0861. The Hall–Kier alpha value is -3.16. The number of nitrogens with two attached hydrogens (primary N) is 1. The molecule has 0 saturated heterocycles. The van der Waals surface area contributed by atoms with E-state index in [0.29, 0.717) is 11.3 Å². The number of nitrogens with zero attached hydrogens (tertiary/aromatic N) is 1. The maximum Gasteiger partial charge on any atom is 0.266 e. The second-order valence-corrected chi connectivity index (χ2v) is 4.86. The van der Waals surface area contributed by atoms with Crippen LogP contribution in [0.15, 0.2) is 30.3 Å². The van der Waals surface area contributed by atoms with E-state index in [2.05, 4.69) is 15.5 Å². The minimum atomic E-state index is -0.828. The summed E-state index contributed by atoms with van der Waals surface area (Å²) in [6.07, 6.45) is -0.828. The first-order valence-corrected chi connectivity index (χ1v) is 6.80. The lowest BCUT2D eigenvalue weighted by Gasteiger charge is -2.14. The Morgan fingerprint density at radius 2 is 2.04 bits per heavy atom. The van der Waals surface area contributed by atoms with E-state index in [1.54, 1.807) is 31.2 Å². The van der Waals surface area contributed by atoms with Gasteiger partial charge < -0.3 is 15.8 Å². The van der Waals surface area contributed by atoms with Gasteiger partial charge in [0.1, 0.15) is 11.4 Å². The van der Waals surface area contributed by atoms with Crippen LogP contribution in [0.25, 0.3) is 0 Å². The van der Waals surface area contributed by atoms with Crippen molar-refractivity contribution in [3.05, 3.63) is 41.6 Å².